The molecule has 0 bridgehead atoms. The average Bonchev–Trinajstić information content (AvgIpc) is 3.50. The number of rotatable bonds is 5. The van der Waals surface area contributed by atoms with E-state index in [0.717, 1.165) is 32.7 Å². The zero-order valence-electron chi connectivity index (χ0n) is 17.3. The van der Waals surface area contributed by atoms with Gasteiger partial charge in [0.2, 0.25) is 0 Å². The van der Waals surface area contributed by atoms with Crippen LogP contribution in [0, 0.1) is 19.7 Å². The van der Waals surface area contributed by atoms with E-state index in [1.807, 2.05) is 42.8 Å². The van der Waals surface area contributed by atoms with Gasteiger partial charge in [-0.05, 0) is 71.8 Å². The number of thiophene rings is 1. The van der Waals surface area contributed by atoms with Crippen molar-refractivity contribution in [3.63, 3.8) is 0 Å². The molecule has 0 aliphatic rings. The lowest BCUT2D eigenvalue weighted by Gasteiger charge is -2.08. The summed E-state index contributed by atoms with van der Waals surface area (Å²) < 4.78 is 16.6. The van der Waals surface area contributed by atoms with Gasteiger partial charge in [-0.1, -0.05) is 12.1 Å². The number of aromatic nitrogens is 6. The summed E-state index contributed by atoms with van der Waals surface area (Å²) in [6.07, 6.45) is 1.52. The van der Waals surface area contributed by atoms with Crippen LogP contribution in [0.5, 0.6) is 0 Å². The fraction of sp³-hybridized carbons (Fsp3) is 0.136. The summed E-state index contributed by atoms with van der Waals surface area (Å²) in [5.41, 5.74) is 4.24. The van der Waals surface area contributed by atoms with Crippen molar-refractivity contribution >= 4 is 33.1 Å². The van der Waals surface area contributed by atoms with E-state index in [4.69, 9.17) is 0 Å². The Bertz CT molecular complexity index is 1420. The van der Waals surface area contributed by atoms with Crippen molar-refractivity contribution in [1.82, 2.24) is 30.0 Å². The summed E-state index contributed by atoms with van der Waals surface area (Å²) in [7, 11) is 0. The number of benzene rings is 2. The molecule has 0 unspecified atom stereocenters. The van der Waals surface area contributed by atoms with Crippen LogP contribution >= 0.6 is 11.3 Å². The number of hydrogen-bond donors (Lipinski definition) is 1. The van der Waals surface area contributed by atoms with Crippen LogP contribution in [0.3, 0.4) is 0 Å². The molecule has 0 fully saturated rings. The first-order valence-corrected chi connectivity index (χ1v) is 10.7. The van der Waals surface area contributed by atoms with Crippen molar-refractivity contribution in [3.05, 3.63) is 82.4 Å². The van der Waals surface area contributed by atoms with Crippen molar-refractivity contribution in [2.75, 3.05) is 5.32 Å². The topological polar surface area (TPSA) is 90.5 Å². The number of aryl methyl sites for hydroxylation is 2. The van der Waals surface area contributed by atoms with Crippen molar-refractivity contribution in [2.45, 2.75) is 20.4 Å². The first-order valence-electron chi connectivity index (χ1n) is 9.85. The Morgan fingerprint density at radius 1 is 1.12 bits per heavy atom. The highest BCUT2D eigenvalue weighted by molar-refractivity contribution is 7.20. The molecule has 10 heteroatoms. The van der Waals surface area contributed by atoms with Crippen molar-refractivity contribution in [3.8, 4) is 5.69 Å². The molecule has 3 aromatic heterocycles. The summed E-state index contributed by atoms with van der Waals surface area (Å²) in [5.74, 6) is -0.458. The number of halogens is 1. The van der Waals surface area contributed by atoms with E-state index in [9.17, 15) is 9.18 Å². The van der Waals surface area contributed by atoms with Gasteiger partial charge in [0, 0.05) is 11.1 Å². The summed E-state index contributed by atoms with van der Waals surface area (Å²) in [4.78, 5) is 14.4. The van der Waals surface area contributed by atoms with Gasteiger partial charge in [0.05, 0.1) is 22.8 Å². The zero-order chi connectivity index (χ0) is 22.2. The van der Waals surface area contributed by atoms with Gasteiger partial charge in [0.1, 0.15) is 17.0 Å². The first-order chi connectivity index (χ1) is 15.5. The van der Waals surface area contributed by atoms with Gasteiger partial charge in [-0.25, -0.2) is 9.07 Å². The number of carbonyl (C=O) groups is 1. The molecule has 5 aromatic rings. The molecule has 2 aromatic carbocycles. The molecule has 3 heterocycles. The lowest BCUT2D eigenvalue weighted by atomic mass is 10.1. The first kappa shape index (κ1) is 20.0. The Morgan fingerprint density at radius 2 is 1.94 bits per heavy atom. The Labute approximate surface area is 186 Å². The quantitative estimate of drug-likeness (QED) is 0.438. The third-order valence-electron chi connectivity index (χ3n) is 5.13. The standard InChI is InChI=1S/C22H18FN7OS/c1-13-9-17(7-8-19(13)30-12-24-27-28-30)25-21(31)20-10-18-14(2)26-29(22(18)32-20)11-15-3-5-16(23)6-4-15/h3-10,12H,11H2,1-2H3,(H,25,31). The van der Waals surface area contributed by atoms with Crippen LogP contribution in [0.1, 0.15) is 26.5 Å². The highest BCUT2D eigenvalue weighted by Crippen LogP contribution is 2.30. The van der Waals surface area contributed by atoms with Crippen molar-refractivity contribution in [2.24, 2.45) is 0 Å². The lowest BCUT2D eigenvalue weighted by molar-refractivity contribution is 0.103. The van der Waals surface area contributed by atoms with E-state index in [1.165, 1.54) is 29.8 Å². The van der Waals surface area contributed by atoms with Gasteiger partial charge in [-0.3, -0.25) is 9.48 Å². The minimum atomic E-state index is -0.271. The van der Waals surface area contributed by atoms with E-state index in [2.05, 4.69) is 25.9 Å². The molecule has 0 saturated carbocycles. The summed E-state index contributed by atoms with van der Waals surface area (Å²) in [6, 6.07) is 13.8. The monoisotopic (exact) mass is 447 g/mol. The summed E-state index contributed by atoms with van der Waals surface area (Å²) in [5, 5.41) is 19.7. The van der Waals surface area contributed by atoms with Crippen LogP contribution < -0.4 is 5.32 Å². The van der Waals surface area contributed by atoms with Gasteiger partial charge in [0.15, 0.2) is 0 Å². The van der Waals surface area contributed by atoms with Crippen LogP contribution in [-0.2, 0) is 6.54 Å². The van der Waals surface area contributed by atoms with E-state index in [-0.39, 0.29) is 11.7 Å². The maximum Gasteiger partial charge on any atom is 0.265 e. The second-order valence-electron chi connectivity index (χ2n) is 7.41. The maximum absolute atomic E-state index is 13.2. The largest absolute Gasteiger partial charge is 0.321 e. The predicted molar refractivity (Wildman–Crippen MR) is 120 cm³/mol. The third kappa shape index (κ3) is 3.76. The van der Waals surface area contributed by atoms with Crippen molar-refractivity contribution < 1.29 is 9.18 Å². The Balaban J connectivity index is 1.38. The van der Waals surface area contributed by atoms with Gasteiger partial charge in [-0.2, -0.15) is 5.10 Å². The molecule has 0 radical (unpaired) electrons. The molecule has 32 heavy (non-hydrogen) atoms. The Hall–Kier alpha value is -3.92. The van der Waals surface area contributed by atoms with Crippen LogP contribution in [0.25, 0.3) is 15.9 Å². The number of amides is 1. The van der Waals surface area contributed by atoms with E-state index in [1.54, 1.807) is 16.8 Å². The third-order valence-corrected chi connectivity index (χ3v) is 6.27. The summed E-state index contributed by atoms with van der Waals surface area (Å²) >= 11 is 1.38. The fourth-order valence-electron chi connectivity index (χ4n) is 3.55. The second kappa shape index (κ2) is 7.97. The SMILES string of the molecule is Cc1cc(NC(=O)c2cc3c(C)nn(Cc4ccc(F)cc4)c3s2)ccc1-n1cnnn1. The van der Waals surface area contributed by atoms with Crippen LogP contribution in [0.15, 0.2) is 54.9 Å². The molecule has 1 amide bonds. The number of tetrazole rings is 1. The highest BCUT2D eigenvalue weighted by atomic mass is 32.1. The number of nitrogens with zero attached hydrogens (tertiary/aromatic N) is 6. The average molecular weight is 447 g/mol. The van der Waals surface area contributed by atoms with Gasteiger partial charge in [0.25, 0.3) is 5.91 Å². The minimum Gasteiger partial charge on any atom is -0.321 e. The normalized spacial score (nSPS) is 11.2. The number of anilines is 1. The molecule has 1 N–H and O–H groups in total. The molecule has 0 aliphatic heterocycles. The lowest BCUT2D eigenvalue weighted by Crippen LogP contribution is -2.11. The van der Waals surface area contributed by atoms with Gasteiger partial charge >= 0.3 is 0 Å². The molecular weight excluding hydrogens is 429 g/mol. The molecule has 0 aliphatic carbocycles. The number of nitrogens with one attached hydrogen (secondary N) is 1. The molecule has 160 valence electrons. The Kier molecular flexibility index (Phi) is 4.98. The van der Waals surface area contributed by atoms with Gasteiger partial charge in [-0.15, -0.1) is 16.4 Å². The van der Waals surface area contributed by atoms with E-state index < -0.39 is 0 Å². The molecule has 8 nitrogen and oxygen atoms in total. The van der Waals surface area contributed by atoms with Crippen LogP contribution in [0.2, 0.25) is 0 Å². The van der Waals surface area contributed by atoms with Gasteiger partial charge < -0.3 is 5.32 Å². The zero-order valence-corrected chi connectivity index (χ0v) is 18.1. The molecule has 0 saturated heterocycles. The second-order valence-corrected chi connectivity index (χ2v) is 8.44. The minimum absolute atomic E-state index is 0.187. The number of hydrogen-bond acceptors (Lipinski definition) is 6. The van der Waals surface area contributed by atoms with Crippen LogP contribution in [-0.4, -0.2) is 35.9 Å². The van der Waals surface area contributed by atoms with E-state index >= 15 is 0 Å². The molecule has 0 atom stereocenters. The smallest absolute Gasteiger partial charge is 0.265 e. The predicted octanol–water partition coefficient (Wildman–Crippen LogP) is 4.13. The highest BCUT2D eigenvalue weighted by Gasteiger charge is 2.17. The number of carbonyl (C=O) groups excluding carboxylic acids is 1. The van der Waals surface area contributed by atoms with E-state index in [0.29, 0.717) is 17.1 Å². The number of fused-ring (bicyclic) bond motifs is 1. The molecule has 0 spiro atoms. The molecule has 5 rings (SSSR count). The van der Waals surface area contributed by atoms with Crippen LogP contribution in [0.4, 0.5) is 10.1 Å². The Morgan fingerprint density at radius 3 is 2.66 bits per heavy atom. The molecular formula is C22H18FN7OS. The summed E-state index contributed by atoms with van der Waals surface area (Å²) in [6.45, 7) is 4.35. The van der Waals surface area contributed by atoms with Crippen molar-refractivity contribution in [1.29, 1.82) is 0 Å². The maximum atomic E-state index is 13.2. The fourth-order valence-corrected chi connectivity index (χ4v) is 4.61.